The van der Waals surface area contributed by atoms with Gasteiger partial charge in [-0.15, -0.1) is 0 Å². The molecule has 130 valence electrons. The number of aromatic hydroxyl groups is 3. The molecule has 2 aliphatic rings. The van der Waals surface area contributed by atoms with Crippen molar-refractivity contribution in [2.24, 2.45) is 0 Å². The number of rotatable bonds is 1. The lowest BCUT2D eigenvalue weighted by atomic mass is 9.84. The molecule has 1 aliphatic carbocycles. The number of fused-ring (bicyclic) bond motifs is 4. The van der Waals surface area contributed by atoms with Gasteiger partial charge in [0.25, 0.3) is 0 Å². The fourth-order valence-corrected chi connectivity index (χ4v) is 4.05. The van der Waals surface area contributed by atoms with Crippen LogP contribution in [0.5, 0.6) is 23.0 Å². The van der Waals surface area contributed by atoms with E-state index in [-0.39, 0.29) is 35.0 Å². The van der Waals surface area contributed by atoms with Crippen LogP contribution in [0.3, 0.4) is 0 Å². The summed E-state index contributed by atoms with van der Waals surface area (Å²) in [4.78, 5) is 11.8. The minimum Gasteiger partial charge on any atom is -0.507 e. The number of phenols is 3. The number of hydrogen-bond donors (Lipinski definition) is 4. The van der Waals surface area contributed by atoms with Crippen molar-refractivity contribution in [2.45, 2.75) is 38.4 Å². The number of Topliss-reactive ketones (excluding diaryl/α,β-unsaturated/α-hetero) is 1. The van der Waals surface area contributed by atoms with E-state index >= 15 is 0 Å². The minimum absolute atomic E-state index is 0.0697. The molecule has 2 aromatic carbocycles. The van der Waals surface area contributed by atoms with Crippen LogP contribution in [0.2, 0.25) is 0 Å². The first-order chi connectivity index (χ1) is 11.7. The van der Waals surface area contributed by atoms with Gasteiger partial charge in [-0.3, -0.25) is 4.79 Å². The van der Waals surface area contributed by atoms with Gasteiger partial charge in [0, 0.05) is 6.42 Å². The van der Waals surface area contributed by atoms with Gasteiger partial charge in [-0.1, -0.05) is 6.07 Å². The lowest BCUT2D eigenvalue weighted by Gasteiger charge is -2.37. The topological polar surface area (TPSA) is 107 Å². The maximum atomic E-state index is 11.8. The number of aliphatic hydroxyl groups is 1. The molecule has 2 atom stereocenters. The number of ether oxygens (including phenoxy) is 1. The van der Waals surface area contributed by atoms with Crippen LogP contribution in [0.25, 0.3) is 0 Å². The third-order valence-corrected chi connectivity index (χ3v) is 5.29. The quantitative estimate of drug-likeness (QED) is 0.468. The van der Waals surface area contributed by atoms with Crippen LogP contribution in [-0.4, -0.2) is 32.0 Å². The highest BCUT2D eigenvalue weighted by Crippen LogP contribution is 2.54. The van der Waals surface area contributed by atoms with E-state index in [1.165, 1.54) is 13.0 Å². The molecular formula is C19H18O6. The Morgan fingerprint density at radius 2 is 1.92 bits per heavy atom. The van der Waals surface area contributed by atoms with Gasteiger partial charge in [-0.2, -0.15) is 0 Å². The van der Waals surface area contributed by atoms with Crippen molar-refractivity contribution in [1.29, 1.82) is 0 Å². The van der Waals surface area contributed by atoms with Gasteiger partial charge >= 0.3 is 0 Å². The summed E-state index contributed by atoms with van der Waals surface area (Å²) in [5.41, 5.74) is 2.94. The van der Waals surface area contributed by atoms with Crippen LogP contribution in [0.4, 0.5) is 0 Å². The Bertz CT molecular complexity index is 932. The van der Waals surface area contributed by atoms with E-state index in [0.29, 0.717) is 17.5 Å². The van der Waals surface area contributed by atoms with E-state index in [9.17, 15) is 25.2 Å². The molecule has 0 bridgehead atoms. The molecule has 1 aliphatic heterocycles. The number of hydrogen-bond acceptors (Lipinski definition) is 6. The summed E-state index contributed by atoms with van der Waals surface area (Å²) >= 11 is 0. The SMILES string of the molecule is CC(=O)c1cc2c(c(C)c1O)C1Cc3ccc(O)c(O)c3O[C@@]1(O)C2. The standard InChI is InChI=1S/C19H18O6/c1-8-15-11(5-12(9(2)20)16(8)22)7-19(24)13(15)6-10-3-4-14(21)17(23)18(10)25-19/h3-5,13,21-24H,6-7H2,1-2H3/t13?,19-/m0/s1. The van der Waals surface area contributed by atoms with Crippen LogP contribution in [0, 0.1) is 6.92 Å². The van der Waals surface area contributed by atoms with Crippen LogP contribution in [-0.2, 0) is 12.8 Å². The number of ketones is 1. The van der Waals surface area contributed by atoms with Crippen LogP contribution in [0.15, 0.2) is 18.2 Å². The Morgan fingerprint density at radius 3 is 2.60 bits per heavy atom. The molecule has 4 rings (SSSR count). The van der Waals surface area contributed by atoms with E-state index < -0.39 is 17.5 Å². The smallest absolute Gasteiger partial charge is 0.219 e. The average molecular weight is 342 g/mol. The van der Waals surface area contributed by atoms with Crippen molar-refractivity contribution < 1.29 is 30.0 Å². The maximum absolute atomic E-state index is 11.8. The van der Waals surface area contributed by atoms with E-state index in [1.807, 2.05) is 0 Å². The number of carbonyl (C=O) groups excluding carboxylic acids is 1. The fraction of sp³-hybridized carbons (Fsp3) is 0.316. The van der Waals surface area contributed by atoms with Gasteiger partial charge in [0.1, 0.15) is 5.75 Å². The molecule has 0 saturated carbocycles. The molecule has 6 heteroatoms. The number of benzene rings is 2. The molecule has 2 aromatic rings. The number of phenolic OH excluding ortho intramolecular Hbond substituents is 3. The highest BCUT2D eigenvalue weighted by atomic mass is 16.6. The number of carbonyl (C=O) groups is 1. The third-order valence-electron chi connectivity index (χ3n) is 5.29. The molecule has 0 fully saturated rings. The summed E-state index contributed by atoms with van der Waals surface area (Å²) < 4.78 is 5.71. The Labute approximate surface area is 143 Å². The van der Waals surface area contributed by atoms with Crippen molar-refractivity contribution in [2.75, 3.05) is 0 Å². The second-order valence-corrected chi connectivity index (χ2v) is 6.83. The van der Waals surface area contributed by atoms with E-state index in [0.717, 1.165) is 11.1 Å². The predicted molar refractivity (Wildman–Crippen MR) is 88.3 cm³/mol. The van der Waals surface area contributed by atoms with Crippen LogP contribution < -0.4 is 4.74 Å². The van der Waals surface area contributed by atoms with Gasteiger partial charge in [-0.25, -0.2) is 0 Å². The van der Waals surface area contributed by atoms with Crippen molar-refractivity contribution in [1.82, 2.24) is 0 Å². The Kier molecular flexibility index (Phi) is 3.09. The van der Waals surface area contributed by atoms with Crippen LogP contribution >= 0.6 is 0 Å². The van der Waals surface area contributed by atoms with Gasteiger partial charge in [0.2, 0.25) is 11.5 Å². The zero-order valence-electron chi connectivity index (χ0n) is 13.8. The van der Waals surface area contributed by atoms with Gasteiger partial charge < -0.3 is 25.2 Å². The maximum Gasteiger partial charge on any atom is 0.219 e. The van der Waals surface area contributed by atoms with Crippen molar-refractivity contribution in [3.63, 3.8) is 0 Å². The summed E-state index contributed by atoms with van der Waals surface area (Å²) in [6.45, 7) is 3.10. The fourth-order valence-electron chi connectivity index (χ4n) is 4.05. The molecule has 0 amide bonds. The molecular weight excluding hydrogens is 324 g/mol. The normalized spacial score (nSPS) is 23.4. The van der Waals surface area contributed by atoms with E-state index in [1.54, 1.807) is 19.1 Å². The summed E-state index contributed by atoms with van der Waals surface area (Å²) in [7, 11) is 0. The second-order valence-electron chi connectivity index (χ2n) is 6.83. The Balaban J connectivity index is 1.88. The molecule has 0 saturated heterocycles. The van der Waals surface area contributed by atoms with Crippen molar-refractivity contribution >= 4 is 5.78 Å². The molecule has 1 heterocycles. The molecule has 25 heavy (non-hydrogen) atoms. The first-order valence-electron chi connectivity index (χ1n) is 8.04. The summed E-state index contributed by atoms with van der Waals surface area (Å²) in [5, 5.41) is 41.1. The largest absolute Gasteiger partial charge is 0.507 e. The summed E-state index contributed by atoms with van der Waals surface area (Å²) in [5.74, 6) is -3.01. The molecule has 6 nitrogen and oxygen atoms in total. The zero-order valence-corrected chi connectivity index (χ0v) is 13.8. The lowest BCUT2D eigenvalue weighted by molar-refractivity contribution is -0.156. The summed E-state index contributed by atoms with van der Waals surface area (Å²) in [6, 6.07) is 4.61. The molecule has 0 radical (unpaired) electrons. The molecule has 1 unspecified atom stereocenters. The molecule has 0 aromatic heterocycles. The highest BCUT2D eigenvalue weighted by Gasteiger charge is 2.52. The Hall–Kier alpha value is -2.73. The zero-order chi connectivity index (χ0) is 18.1. The summed E-state index contributed by atoms with van der Waals surface area (Å²) in [6.07, 6.45) is 0.509. The first kappa shape index (κ1) is 15.8. The predicted octanol–water partition coefficient (Wildman–Crippen LogP) is 2.28. The molecule has 4 N–H and O–H groups in total. The minimum atomic E-state index is -1.60. The lowest BCUT2D eigenvalue weighted by Crippen LogP contribution is -2.44. The van der Waals surface area contributed by atoms with Crippen molar-refractivity contribution in [3.05, 3.63) is 46.0 Å². The van der Waals surface area contributed by atoms with E-state index in [4.69, 9.17) is 4.74 Å². The highest BCUT2D eigenvalue weighted by molar-refractivity contribution is 5.97. The third kappa shape index (κ3) is 2.04. The Morgan fingerprint density at radius 1 is 1.20 bits per heavy atom. The monoisotopic (exact) mass is 342 g/mol. The van der Waals surface area contributed by atoms with Gasteiger partial charge in [-0.05, 0) is 54.7 Å². The average Bonchev–Trinajstić information content (AvgIpc) is 2.84. The second kappa shape index (κ2) is 4.89. The van der Waals surface area contributed by atoms with Gasteiger partial charge in [0.05, 0.1) is 11.5 Å². The first-order valence-corrected chi connectivity index (χ1v) is 8.04. The van der Waals surface area contributed by atoms with Crippen molar-refractivity contribution in [3.8, 4) is 23.0 Å². The van der Waals surface area contributed by atoms with E-state index in [2.05, 4.69) is 0 Å². The van der Waals surface area contributed by atoms with Gasteiger partial charge in [0.15, 0.2) is 17.3 Å². The van der Waals surface area contributed by atoms with Crippen LogP contribution in [0.1, 0.15) is 45.5 Å². The molecule has 0 spiro atoms.